The Kier molecular flexibility index (Phi) is 4.55. The van der Waals surface area contributed by atoms with Gasteiger partial charge in [0.1, 0.15) is 17.4 Å². The molecule has 2 aromatic carbocycles. The lowest BCUT2D eigenvalue weighted by atomic mass is 10.2. The highest BCUT2D eigenvalue weighted by Crippen LogP contribution is 2.30. The van der Waals surface area contributed by atoms with E-state index in [1.807, 2.05) is 35.7 Å². The predicted octanol–water partition coefficient (Wildman–Crippen LogP) is 4.95. The smallest absolute Gasteiger partial charge is 0.271 e. The first kappa shape index (κ1) is 15.5. The number of nitro groups is 1. The third kappa shape index (κ3) is 3.67. The Hall–Kier alpha value is -2.44. The fourth-order valence-electron chi connectivity index (χ4n) is 1.96. The van der Waals surface area contributed by atoms with Gasteiger partial charge in [0.05, 0.1) is 15.6 Å². The van der Waals surface area contributed by atoms with E-state index in [1.54, 1.807) is 0 Å². The molecule has 0 N–H and O–H groups in total. The van der Waals surface area contributed by atoms with Crippen molar-refractivity contribution in [2.45, 2.75) is 6.61 Å². The van der Waals surface area contributed by atoms with Gasteiger partial charge < -0.3 is 4.74 Å². The van der Waals surface area contributed by atoms with Gasteiger partial charge in [0.2, 0.25) is 0 Å². The molecule has 0 atom stereocenters. The highest BCUT2D eigenvalue weighted by Gasteiger charge is 2.11. The van der Waals surface area contributed by atoms with Gasteiger partial charge in [-0.25, -0.2) is 4.98 Å². The van der Waals surface area contributed by atoms with E-state index < -0.39 is 4.92 Å². The van der Waals surface area contributed by atoms with Crippen molar-refractivity contribution in [2.24, 2.45) is 0 Å². The molecule has 7 heteroatoms. The number of thiazole rings is 1. The normalized spacial score (nSPS) is 10.5. The van der Waals surface area contributed by atoms with Crippen LogP contribution >= 0.6 is 22.9 Å². The summed E-state index contributed by atoms with van der Waals surface area (Å²) in [4.78, 5) is 14.7. The minimum absolute atomic E-state index is 0.0672. The molecule has 0 aliphatic carbocycles. The molecule has 5 nitrogen and oxygen atoms in total. The Balaban J connectivity index is 1.70. The zero-order valence-electron chi connectivity index (χ0n) is 11.8. The fraction of sp³-hybridized carbons (Fsp3) is 0.0625. The molecular weight excluding hydrogens is 336 g/mol. The van der Waals surface area contributed by atoms with Crippen molar-refractivity contribution in [1.29, 1.82) is 0 Å². The Morgan fingerprint density at radius 2 is 2.00 bits per heavy atom. The van der Waals surface area contributed by atoms with Crippen molar-refractivity contribution < 1.29 is 9.66 Å². The van der Waals surface area contributed by atoms with Crippen LogP contribution in [0.2, 0.25) is 5.02 Å². The van der Waals surface area contributed by atoms with Crippen LogP contribution in [-0.2, 0) is 6.61 Å². The van der Waals surface area contributed by atoms with Crippen molar-refractivity contribution in [3.8, 4) is 16.3 Å². The second-order valence-electron chi connectivity index (χ2n) is 4.67. The molecule has 0 aliphatic heterocycles. The van der Waals surface area contributed by atoms with Crippen LogP contribution in [0, 0.1) is 10.1 Å². The van der Waals surface area contributed by atoms with Crippen molar-refractivity contribution in [3.05, 3.63) is 74.7 Å². The maximum Gasteiger partial charge on any atom is 0.271 e. The van der Waals surface area contributed by atoms with Crippen LogP contribution in [0.5, 0.6) is 5.75 Å². The van der Waals surface area contributed by atoms with E-state index in [0.29, 0.717) is 5.75 Å². The summed E-state index contributed by atoms with van der Waals surface area (Å²) >= 11 is 7.53. The minimum atomic E-state index is -0.498. The maximum absolute atomic E-state index is 10.7. The van der Waals surface area contributed by atoms with Crippen molar-refractivity contribution in [3.63, 3.8) is 0 Å². The molecule has 0 bridgehead atoms. The number of rotatable bonds is 5. The van der Waals surface area contributed by atoms with E-state index in [-0.39, 0.29) is 17.3 Å². The Morgan fingerprint density at radius 1 is 1.22 bits per heavy atom. The van der Waals surface area contributed by atoms with Gasteiger partial charge in [0.25, 0.3) is 5.69 Å². The Morgan fingerprint density at radius 3 is 2.70 bits per heavy atom. The first-order valence-electron chi connectivity index (χ1n) is 6.70. The van der Waals surface area contributed by atoms with Gasteiger partial charge in [-0.2, -0.15) is 0 Å². The van der Waals surface area contributed by atoms with Crippen molar-refractivity contribution >= 4 is 28.6 Å². The molecular formula is C16H11ClN2O3S. The number of non-ortho nitro benzene ring substituents is 1. The van der Waals surface area contributed by atoms with Gasteiger partial charge in [-0.05, 0) is 6.07 Å². The molecule has 0 radical (unpaired) electrons. The van der Waals surface area contributed by atoms with E-state index in [4.69, 9.17) is 16.3 Å². The first-order chi connectivity index (χ1) is 11.1. The molecule has 23 heavy (non-hydrogen) atoms. The maximum atomic E-state index is 10.7. The molecule has 1 heterocycles. The lowest BCUT2D eigenvalue weighted by Crippen LogP contribution is -1.97. The number of hydrogen-bond donors (Lipinski definition) is 0. The lowest BCUT2D eigenvalue weighted by molar-refractivity contribution is -0.384. The third-order valence-corrected chi connectivity index (χ3v) is 4.31. The highest BCUT2D eigenvalue weighted by molar-refractivity contribution is 7.13. The molecule has 116 valence electrons. The standard InChI is InChI=1S/C16H11ClN2O3S/c17-14-8-13(19(20)21)6-7-15(14)22-9-12-10-23-16(18-12)11-4-2-1-3-5-11/h1-8,10H,9H2. The molecule has 3 aromatic rings. The molecule has 0 spiro atoms. The summed E-state index contributed by atoms with van der Waals surface area (Å²) in [6.07, 6.45) is 0. The summed E-state index contributed by atoms with van der Waals surface area (Å²) in [5.74, 6) is 0.395. The van der Waals surface area contributed by atoms with Gasteiger partial charge in [-0.15, -0.1) is 11.3 Å². The summed E-state index contributed by atoms with van der Waals surface area (Å²) in [5, 5.41) is 13.7. The summed E-state index contributed by atoms with van der Waals surface area (Å²) in [6, 6.07) is 14.0. The molecule has 0 fully saturated rings. The number of ether oxygens (including phenoxy) is 1. The molecule has 1 aromatic heterocycles. The van der Waals surface area contributed by atoms with Gasteiger partial charge in [-0.3, -0.25) is 10.1 Å². The molecule has 0 saturated heterocycles. The van der Waals surface area contributed by atoms with Crippen LogP contribution in [0.3, 0.4) is 0 Å². The summed E-state index contributed by atoms with van der Waals surface area (Å²) < 4.78 is 5.60. The first-order valence-corrected chi connectivity index (χ1v) is 7.96. The Bertz CT molecular complexity index is 836. The zero-order chi connectivity index (χ0) is 16.2. The monoisotopic (exact) mass is 346 g/mol. The minimum Gasteiger partial charge on any atom is -0.486 e. The summed E-state index contributed by atoms with van der Waals surface area (Å²) in [5.41, 5.74) is 1.77. The number of aromatic nitrogens is 1. The summed E-state index contributed by atoms with van der Waals surface area (Å²) in [7, 11) is 0. The number of halogens is 1. The van der Waals surface area contributed by atoms with Gasteiger partial charge in [0, 0.05) is 23.1 Å². The average molecular weight is 347 g/mol. The number of benzene rings is 2. The Labute approximate surface area is 141 Å². The number of nitrogens with zero attached hydrogens (tertiary/aromatic N) is 2. The van der Waals surface area contributed by atoms with E-state index in [2.05, 4.69) is 4.98 Å². The average Bonchev–Trinajstić information content (AvgIpc) is 3.03. The zero-order valence-corrected chi connectivity index (χ0v) is 13.4. The largest absolute Gasteiger partial charge is 0.486 e. The van der Waals surface area contributed by atoms with E-state index in [9.17, 15) is 10.1 Å². The third-order valence-electron chi connectivity index (χ3n) is 3.07. The number of nitro benzene ring substituents is 1. The molecule has 3 rings (SSSR count). The van der Waals surface area contributed by atoms with Crippen LogP contribution in [0.25, 0.3) is 10.6 Å². The van der Waals surface area contributed by atoms with E-state index in [0.717, 1.165) is 16.3 Å². The van der Waals surface area contributed by atoms with Crippen LogP contribution in [0.4, 0.5) is 5.69 Å². The SMILES string of the molecule is O=[N+]([O-])c1ccc(OCc2csc(-c3ccccc3)n2)c(Cl)c1. The van der Waals surface area contributed by atoms with Crippen LogP contribution in [0.15, 0.2) is 53.9 Å². The van der Waals surface area contributed by atoms with Gasteiger partial charge >= 0.3 is 0 Å². The van der Waals surface area contributed by atoms with Crippen LogP contribution < -0.4 is 4.74 Å². The highest BCUT2D eigenvalue weighted by atomic mass is 35.5. The predicted molar refractivity (Wildman–Crippen MR) is 90.0 cm³/mol. The molecule has 0 saturated carbocycles. The van der Waals surface area contributed by atoms with Crippen molar-refractivity contribution in [2.75, 3.05) is 0 Å². The fourth-order valence-corrected chi connectivity index (χ4v) is 3.00. The molecule has 0 aliphatic rings. The summed E-state index contributed by atoms with van der Waals surface area (Å²) in [6.45, 7) is 0.251. The van der Waals surface area contributed by atoms with Gasteiger partial charge in [0.15, 0.2) is 0 Å². The van der Waals surface area contributed by atoms with Crippen LogP contribution in [-0.4, -0.2) is 9.91 Å². The quantitative estimate of drug-likeness (QED) is 0.484. The number of hydrogen-bond acceptors (Lipinski definition) is 5. The second-order valence-corrected chi connectivity index (χ2v) is 5.94. The van der Waals surface area contributed by atoms with E-state index >= 15 is 0 Å². The molecule has 0 amide bonds. The second kappa shape index (κ2) is 6.76. The van der Waals surface area contributed by atoms with Crippen molar-refractivity contribution in [1.82, 2.24) is 4.98 Å². The van der Waals surface area contributed by atoms with Gasteiger partial charge in [-0.1, -0.05) is 41.9 Å². The van der Waals surface area contributed by atoms with Crippen LogP contribution in [0.1, 0.15) is 5.69 Å². The molecule has 0 unspecified atom stereocenters. The topological polar surface area (TPSA) is 65.3 Å². The lowest BCUT2D eigenvalue weighted by Gasteiger charge is -2.06. The van der Waals surface area contributed by atoms with E-state index in [1.165, 1.54) is 29.5 Å².